The molecular formula is C10H22O4. The molecule has 4 nitrogen and oxygen atoms in total. The maximum absolute atomic E-state index is 5.16. The summed E-state index contributed by atoms with van der Waals surface area (Å²) in [5, 5.41) is 0. The van der Waals surface area contributed by atoms with Crippen LogP contribution in [0.4, 0.5) is 0 Å². The number of ether oxygens (including phenoxy) is 4. The van der Waals surface area contributed by atoms with Crippen LogP contribution in [-0.2, 0) is 18.9 Å². The normalized spacial score (nSPS) is 13.9. The van der Waals surface area contributed by atoms with Crippen molar-refractivity contribution >= 4 is 0 Å². The van der Waals surface area contributed by atoms with Crippen molar-refractivity contribution in [1.29, 1.82) is 0 Å². The third-order valence-corrected chi connectivity index (χ3v) is 2.31. The Labute approximate surface area is 86.5 Å². The van der Waals surface area contributed by atoms with E-state index in [4.69, 9.17) is 18.9 Å². The molecule has 0 aliphatic rings. The highest BCUT2D eigenvalue weighted by Gasteiger charge is 2.17. The molecule has 1 atom stereocenters. The van der Waals surface area contributed by atoms with Crippen molar-refractivity contribution in [3.8, 4) is 0 Å². The number of hydrogen-bond acceptors (Lipinski definition) is 4. The highest BCUT2D eigenvalue weighted by Crippen LogP contribution is 2.16. The molecule has 0 aliphatic heterocycles. The lowest BCUT2D eigenvalue weighted by molar-refractivity contribution is -0.145. The lowest BCUT2D eigenvalue weighted by Crippen LogP contribution is -2.24. The van der Waals surface area contributed by atoms with Gasteiger partial charge >= 0.3 is 0 Å². The van der Waals surface area contributed by atoms with Gasteiger partial charge in [0.15, 0.2) is 12.6 Å². The first kappa shape index (κ1) is 13.8. The second-order valence-corrected chi connectivity index (χ2v) is 3.30. The van der Waals surface area contributed by atoms with Gasteiger partial charge in [-0.25, -0.2) is 0 Å². The third-order valence-electron chi connectivity index (χ3n) is 2.31. The fourth-order valence-corrected chi connectivity index (χ4v) is 1.43. The molecule has 0 saturated carbocycles. The zero-order chi connectivity index (χ0) is 11.0. The van der Waals surface area contributed by atoms with Crippen LogP contribution in [-0.4, -0.2) is 41.0 Å². The predicted molar refractivity (Wildman–Crippen MR) is 54.0 cm³/mol. The van der Waals surface area contributed by atoms with Crippen LogP contribution >= 0.6 is 0 Å². The summed E-state index contributed by atoms with van der Waals surface area (Å²) in [5.74, 6) is 0.331. The largest absolute Gasteiger partial charge is 0.356 e. The van der Waals surface area contributed by atoms with E-state index in [1.165, 1.54) is 0 Å². The van der Waals surface area contributed by atoms with Gasteiger partial charge in [-0.3, -0.25) is 0 Å². The van der Waals surface area contributed by atoms with Gasteiger partial charge in [0.05, 0.1) is 0 Å². The van der Waals surface area contributed by atoms with E-state index in [-0.39, 0.29) is 12.6 Å². The van der Waals surface area contributed by atoms with Crippen LogP contribution in [0.1, 0.15) is 19.8 Å². The van der Waals surface area contributed by atoms with Gasteiger partial charge in [-0.15, -0.1) is 0 Å². The van der Waals surface area contributed by atoms with Crippen LogP contribution in [0.15, 0.2) is 0 Å². The monoisotopic (exact) mass is 206 g/mol. The van der Waals surface area contributed by atoms with Crippen molar-refractivity contribution in [2.24, 2.45) is 5.92 Å². The summed E-state index contributed by atoms with van der Waals surface area (Å²) in [7, 11) is 6.58. The molecule has 0 N–H and O–H groups in total. The second-order valence-electron chi connectivity index (χ2n) is 3.30. The van der Waals surface area contributed by atoms with E-state index in [2.05, 4.69) is 6.92 Å². The molecule has 0 aromatic rings. The molecule has 0 rings (SSSR count). The van der Waals surface area contributed by atoms with E-state index in [1.807, 2.05) is 0 Å². The van der Waals surface area contributed by atoms with Crippen LogP contribution in [0.3, 0.4) is 0 Å². The number of hydrogen-bond donors (Lipinski definition) is 0. The van der Waals surface area contributed by atoms with Crippen molar-refractivity contribution in [1.82, 2.24) is 0 Å². The van der Waals surface area contributed by atoms with Crippen LogP contribution < -0.4 is 0 Å². The minimum atomic E-state index is -0.149. The Hall–Kier alpha value is -0.160. The standard InChI is InChI=1S/C10H22O4/c1-8(10(13-4)14-5)6-7-9(11-2)12-3/h8-10H,6-7H2,1-5H3/t8-/m1/s1. The summed E-state index contributed by atoms with van der Waals surface area (Å²) in [6.07, 6.45) is 1.51. The van der Waals surface area contributed by atoms with Gasteiger partial charge < -0.3 is 18.9 Å². The lowest BCUT2D eigenvalue weighted by Gasteiger charge is -2.22. The van der Waals surface area contributed by atoms with Crippen LogP contribution in [0, 0.1) is 5.92 Å². The molecular weight excluding hydrogens is 184 g/mol. The van der Waals surface area contributed by atoms with Gasteiger partial charge in [0.1, 0.15) is 0 Å². The highest BCUT2D eigenvalue weighted by atomic mass is 16.7. The Bertz CT molecular complexity index is 121. The van der Waals surface area contributed by atoms with Gasteiger partial charge in [-0.1, -0.05) is 6.92 Å². The van der Waals surface area contributed by atoms with Crippen molar-refractivity contribution in [3.05, 3.63) is 0 Å². The highest BCUT2D eigenvalue weighted by molar-refractivity contribution is 4.58. The van der Waals surface area contributed by atoms with Gasteiger partial charge in [0, 0.05) is 34.4 Å². The Morgan fingerprint density at radius 1 is 0.786 bits per heavy atom. The van der Waals surface area contributed by atoms with E-state index >= 15 is 0 Å². The third kappa shape index (κ3) is 4.91. The van der Waals surface area contributed by atoms with E-state index in [1.54, 1.807) is 28.4 Å². The Morgan fingerprint density at radius 3 is 1.64 bits per heavy atom. The Balaban J connectivity index is 3.75. The zero-order valence-corrected chi connectivity index (χ0v) is 9.78. The molecule has 0 unspecified atom stereocenters. The molecule has 0 fully saturated rings. The summed E-state index contributed by atoms with van der Waals surface area (Å²) >= 11 is 0. The minimum absolute atomic E-state index is 0.133. The van der Waals surface area contributed by atoms with E-state index in [0.717, 1.165) is 12.8 Å². The average Bonchev–Trinajstić information content (AvgIpc) is 2.21. The predicted octanol–water partition coefficient (Wildman–Crippen LogP) is 1.64. The van der Waals surface area contributed by atoms with Gasteiger partial charge in [-0.05, 0) is 12.8 Å². The molecule has 0 aromatic carbocycles. The second kappa shape index (κ2) is 8.17. The summed E-state index contributed by atoms with van der Waals surface area (Å²) in [6.45, 7) is 2.08. The van der Waals surface area contributed by atoms with E-state index in [0.29, 0.717) is 5.92 Å². The van der Waals surface area contributed by atoms with Gasteiger partial charge in [0.25, 0.3) is 0 Å². The van der Waals surface area contributed by atoms with Crippen LogP contribution in [0.25, 0.3) is 0 Å². The molecule has 0 aliphatic carbocycles. The molecule has 86 valence electrons. The molecule has 0 bridgehead atoms. The molecule has 0 radical (unpaired) electrons. The molecule has 0 saturated heterocycles. The maximum Gasteiger partial charge on any atom is 0.159 e. The van der Waals surface area contributed by atoms with Crippen molar-refractivity contribution in [3.63, 3.8) is 0 Å². The summed E-state index contributed by atoms with van der Waals surface area (Å²) in [4.78, 5) is 0. The van der Waals surface area contributed by atoms with Crippen molar-refractivity contribution < 1.29 is 18.9 Å². The molecule has 0 heterocycles. The molecule has 4 heteroatoms. The molecule has 0 spiro atoms. The summed E-state index contributed by atoms with van der Waals surface area (Å²) in [5.41, 5.74) is 0. The van der Waals surface area contributed by atoms with E-state index < -0.39 is 0 Å². The Kier molecular flexibility index (Phi) is 8.08. The smallest absolute Gasteiger partial charge is 0.159 e. The van der Waals surface area contributed by atoms with Crippen LogP contribution in [0.2, 0.25) is 0 Å². The Morgan fingerprint density at radius 2 is 1.29 bits per heavy atom. The van der Waals surface area contributed by atoms with Crippen molar-refractivity contribution in [2.75, 3.05) is 28.4 Å². The minimum Gasteiger partial charge on any atom is -0.356 e. The van der Waals surface area contributed by atoms with Gasteiger partial charge in [0.2, 0.25) is 0 Å². The summed E-state index contributed by atoms with van der Waals surface area (Å²) in [6, 6.07) is 0. The first-order chi connectivity index (χ1) is 6.69. The maximum atomic E-state index is 5.16. The fraction of sp³-hybridized carbons (Fsp3) is 1.00. The quantitative estimate of drug-likeness (QED) is 0.566. The topological polar surface area (TPSA) is 36.9 Å². The number of methoxy groups -OCH3 is 4. The molecule has 14 heavy (non-hydrogen) atoms. The first-order valence-electron chi connectivity index (χ1n) is 4.80. The SMILES string of the molecule is COC(CC[C@@H](C)C(OC)OC)OC. The lowest BCUT2D eigenvalue weighted by atomic mass is 10.1. The fourth-order valence-electron chi connectivity index (χ4n) is 1.43. The van der Waals surface area contributed by atoms with Crippen molar-refractivity contribution in [2.45, 2.75) is 32.3 Å². The number of rotatable bonds is 8. The van der Waals surface area contributed by atoms with Gasteiger partial charge in [-0.2, -0.15) is 0 Å². The molecule has 0 amide bonds. The van der Waals surface area contributed by atoms with Crippen LogP contribution in [0.5, 0.6) is 0 Å². The van der Waals surface area contributed by atoms with E-state index in [9.17, 15) is 0 Å². The first-order valence-corrected chi connectivity index (χ1v) is 4.80. The average molecular weight is 206 g/mol. The molecule has 0 aromatic heterocycles. The summed E-state index contributed by atoms with van der Waals surface area (Å²) < 4.78 is 20.5. The zero-order valence-electron chi connectivity index (χ0n) is 9.78.